The molecule has 2 aromatic rings. The van der Waals surface area contributed by atoms with E-state index in [1.807, 2.05) is 24.3 Å². The highest BCUT2D eigenvalue weighted by molar-refractivity contribution is 6.30. The fraction of sp³-hybridized carbons (Fsp3) is 0.333. The molecule has 1 saturated carbocycles. The Kier molecular flexibility index (Phi) is 6.76. The van der Waals surface area contributed by atoms with Crippen molar-refractivity contribution in [2.45, 2.75) is 38.0 Å². The van der Waals surface area contributed by atoms with Crippen molar-refractivity contribution >= 4 is 34.9 Å². The number of amides is 1. The van der Waals surface area contributed by atoms with Crippen molar-refractivity contribution in [2.75, 3.05) is 10.6 Å². The van der Waals surface area contributed by atoms with Gasteiger partial charge in [0.05, 0.1) is 0 Å². The van der Waals surface area contributed by atoms with Crippen LogP contribution in [0.1, 0.15) is 43.6 Å². The molecule has 0 aromatic heterocycles. The summed E-state index contributed by atoms with van der Waals surface area (Å²) in [6.45, 7) is 0. The standard InChI is InChI=1S/C21H24ClN3O3/c22-17-2-1-3-19(13-17)23-20(25-28)12-14-4-6-15(7-5-14)16-8-10-18(11-9-16)24-21(26)27/h1-3,8-11,13-15,24,28H,4-7,12H2,(H,23,25)(H,26,27). The average molecular weight is 402 g/mol. The van der Waals surface area contributed by atoms with Crippen LogP contribution in [0.3, 0.4) is 0 Å². The summed E-state index contributed by atoms with van der Waals surface area (Å²) >= 11 is 6.00. The molecule has 6 nitrogen and oxygen atoms in total. The first-order valence-electron chi connectivity index (χ1n) is 9.37. The normalized spacial score (nSPS) is 19.8. The number of hydrogen-bond acceptors (Lipinski definition) is 3. The van der Waals surface area contributed by atoms with Crippen LogP contribution >= 0.6 is 11.6 Å². The second-order valence-corrected chi connectivity index (χ2v) is 7.59. The first-order valence-corrected chi connectivity index (χ1v) is 9.74. The van der Waals surface area contributed by atoms with Gasteiger partial charge in [-0.2, -0.15) is 0 Å². The van der Waals surface area contributed by atoms with E-state index in [0.717, 1.165) is 31.4 Å². The summed E-state index contributed by atoms with van der Waals surface area (Å²) in [4.78, 5) is 10.7. The number of hydrogen-bond donors (Lipinski definition) is 4. The molecule has 7 heteroatoms. The Morgan fingerprint density at radius 2 is 1.75 bits per heavy atom. The van der Waals surface area contributed by atoms with Crippen LogP contribution in [0.15, 0.2) is 53.7 Å². The van der Waals surface area contributed by atoms with Gasteiger partial charge in [0.2, 0.25) is 0 Å². The number of oxime groups is 1. The summed E-state index contributed by atoms with van der Waals surface area (Å²) in [5, 5.41) is 27.7. The molecule has 4 N–H and O–H groups in total. The van der Waals surface area contributed by atoms with Gasteiger partial charge in [0, 0.05) is 22.8 Å². The number of nitrogens with one attached hydrogen (secondary N) is 2. The molecule has 1 amide bonds. The van der Waals surface area contributed by atoms with Gasteiger partial charge >= 0.3 is 6.09 Å². The van der Waals surface area contributed by atoms with Crippen molar-refractivity contribution in [1.82, 2.24) is 0 Å². The molecule has 1 aliphatic carbocycles. The van der Waals surface area contributed by atoms with Gasteiger partial charge in [-0.15, -0.1) is 0 Å². The lowest BCUT2D eigenvalue weighted by Crippen LogP contribution is -2.21. The Labute approximate surface area is 169 Å². The Hall–Kier alpha value is -2.73. The number of nitrogens with zero attached hydrogens (tertiary/aromatic N) is 1. The number of halogens is 1. The van der Waals surface area contributed by atoms with Crippen LogP contribution in [-0.2, 0) is 0 Å². The van der Waals surface area contributed by atoms with Crippen LogP contribution < -0.4 is 10.6 Å². The highest BCUT2D eigenvalue weighted by Crippen LogP contribution is 2.37. The highest BCUT2D eigenvalue weighted by Gasteiger charge is 2.24. The zero-order valence-corrected chi connectivity index (χ0v) is 16.2. The zero-order chi connectivity index (χ0) is 19.9. The van der Waals surface area contributed by atoms with Gasteiger partial charge in [-0.05, 0) is 73.4 Å². The van der Waals surface area contributed by atoms with Gasteiger partial charge in [-0.25, -0.2) is 4.79 Å². The Morgan fingerprint density at radius 1 is 1.04 bits per heavy atom. The summed E-state index contributed by atoms with van der Waals surface area (Å²) in [6.07, 6.45) is 3.86. The second-order valence-electron chi connectivity index (χ2n) is 7.16. The molecule has 28 heavy (non-hydrogen) atoms. The minimum Gasteiger partial charge on any atom is -0.465 e. The topological polar surface area (TPSA) is 94.0 Å². The van der Waals surface area contributed by atoms with Crippen LogP contribution in [0.25, 0.3) is 0 Å². The monoisotopic (exact) mass is 401 g/mol. The quantitative estimate of drug-likeness (QED) is 0.214. The van der Waals surface area contributed by atoms with Crippen LogP contribution in [0.2, 0.25) is 5.02 Å². The lowest BCUT2D eigenvalue weighted by Gasteiger charge is -2.29. The van der Waals surface area contributed by atoms with E-state index in [0.29, 0.717) is 34.8 Å². The SMILES string of the molecule is O=C(O)Nc1ccc(C2CCC(C/C(=N\O)Nc3cccc(Cl)c3)CC2)cc1. The molecule has 0 unspecified atom stereocenters. The van der Waals surface area contributed by atoms with Crippen molar-refractivity contribution in [3.63, 3.8) is 0 Å². The van der Waals surface area contributed by atoms with Gasteiger partial charge in [-0.1, -0.05) is 35.0 Å². The molecule has 3 rings (SSSR count). The predicted molar refractivity (Wildman–Crippen MR) is 112 cm³/mol. The summed E-state index contributed by atoms with van der Waals surface area (Å²) in [7, 11) is 0. The number of carboxylic acid groups (broad SMARTS) is 1. The Balaban J connectivity index is 1.51. The van der Waals surface area contributed by atoms with Crippen LogP contribution in [0.4, 0.5) is 16.2 Å². The Bertz CT molecular complexity index is 831. The second kappa shape index (κ2) is 9.46. The fourth-order valence-electron chi connectivity index (χ4n) is 3.79. The van der Waals surface area contributed by atoms with E-state index < -0.39 is 6.09 Å². The van der Waals surface area contributed by atoms with Gasteiger partial charge in [0.15, 0.2) is 0 Å². The molecular weight excluding hydrogens is 378 g/mol. The highest BCUT2D eigenvalue weighted by atomic mass is 35.5. The lowest BCUT2D eigenvalue weighted by atomic mass is 9.77. The third kappa shape index (κ3) is 5.63. The molecule has 0 bridgehead atoms. The molecule has 2 aromatic carbocycles. The van der Waals surface area contributed by atoms with Gasteiger partial charge in [0.25, 0.3) is 0 Å². The van der Waals surface area contributed by atoms with Gasteiger partial charge in [0.1, 0.15) is 5.84 Å². The fourth-order valence-corrected chi connectivity index (χ4v) is 3.98. The summed E-state index contributed by atoms with van der Waals surface area (Å²) in [5.41, 5.74) is 2.63. The van der Waals surface area contributed by atoms with Crippen molar-refractivity contribution in [3.8, 4) is 0 Å². The predicted octanol–water partition coefficient (Wildman–Crippen LogP) is 5.99. The maximum atomic E-state index is 10.7. The van der Waals surface area contributed by atoms with Gasteiger partial charge < -0.3 is 15.6 Å². The third-order valence-electron chi connectivity index (χ3n) is 5.20. The molecule has 1 aliphatic rings. The first kappa shape index (κ1) is 20.0. The summed E-state index contributed by atoms with van der Waals surface area (Å²) < 4.78 is 0. The molecule has 0 aliphatic heterocycles. The number of benzene rings is 2. The smallest absolute Gasteiger partial charge is 0.409 e. The summed E-state index contributed by atoms with van der Waals surface area (Å²) in [5.74, 6) is 1.49. The Morgan fingerprint density at radius 3 is 2.36 bits per heavy atom. The van der Waals surface area contributed by atoms with Crippen LogP contribution in [0, 0.1) is 5.92 Å². The molecule has 0 saturated heterocycles. The number of amidine groups is 1. The van der Waals surface area contributed by atoms with Crippen LogP contribution in [0.5, 0.6) is 0 Å². The van der Waals surface area contributed by atoms with E-state index in [9.17, 15) is 10.0 Å². The molecule has 0 atom stereocenters. The minimum atomic E-state index is -1.05. The minimum absolute atomic E-state index is 0.460. The van der Waals surface area contributed by atoms with Crippen molar-refractivity contribution in [1.29, 1.82) is 0 Å². The number of anilines is 2. The van der Waals surface area contributed by atoms with Crippen molar-refractivity contribution in [2.24, 2.45) is 11.1 Å². The largest absolute Gasteiger partial charge is 0.465 e. The molecule has 0 radical (unpaired) electrons. The molecular formula is C21H24ClN3O3. The third-order valence-corrected chi connectivity index (χ3v) is 5.43. The van der Waals surface area contributed by atoms with E-state index in [1.54, 1.807) is 24.3 Å². The summed E-state index contributed by atoms with van der Waals surface area (Å²) in [6, 6.07) is 14.9. The maximum absolute atomic E-state index is 10.7. The van der Waals surface area contributed by atoms with E-state index in [-0.39, 0.29) is 0 Å². The van der Waals surface area contributed by atoms with Crippen molar-refractivity contribution in [3.05, 3.63) is 59.1 Å². The number of carbonyl (C=O) groups is 1. The van der Waals surface area contributed by atoms with E-state index in [2.05, 4.69) is 15.8 Å². The molecule has 0 heterocycles. The van der Waals surface area contributed by atoms with Crippen molar-refractivity contribution < 1.29 is 15.1 Å². The molecule has 148 valence electrons. The van der Waals surface area contributed by atoms with Crippen LogP contribution in [-0.4, -0.2) is 22.2 Å². The van der Waals surface area contributed by atoms with E-state index in [4.69, 9.17) is 16.7 Å². The first-order chi connectivity index (χ1) is 13.5. The number of rotatable bonds is 5. The van der Waals surface area contributed by atoms with Gasteiger partial charge in [-0.3, -0.25) is 5.32 Å². The average Bonchev–Trinajstić information content (AvgIpc) is 2.68. The van der Waals surface area contributed by atoms with E-state index in [1.165, 1.54) is 5.56 Å². The molecule has 0 spiro atoms. The van der Waals surface area contributed by atoms with E-state index >= 15 is 0 Å². The lowest BCUT2D eigenvalue weighted by molar-refractivity contribution is 0.209. The molecule has 1 fully saturated rings. The maximum Gasteiger partial charge on any atom is 0.409 e. The zero-order valence-electron chi connectivity index (χ0n) is 15.4.